The third-order valence-corrected chi connectivity index (χ3v) is 7.07. The molecule has 1 aromatic carbocycles. The molecule has 6 heterocycles. The summed E-state index contributed by atoms with van der Waals surface area (Å²) in [5.74, 6) is -0.336. The van der Waals surface area contributed by atoms with Gasteiger partial charge < -0.3 is 20.5 Å². The third kappa shape index (κ3) is 4.09. The number of ether oxygens (including phenoxy) is 2. The summed E-state index contributed by atoms with van der Waals surface area (Å²) in [6.07, 6.45) is 5.54. The highest BCUT2D eigenvalue weighted by molar-refractivity contribution is 5.98. The van der Waals surface area contributed by atoms with Crippen LogP contribution in [0, 0.1) is 11.6 Å². The van der Waals surface area contributed by atoms with Gasteiger partial charge in [-0.1, -0.05) is 12.1 Å². The second kappa shape index (κ2) is 9.48. The van der Waals surface area contributed by atoms with Crippen LogP contribution in [0.5, 0.6) is 0 Å². The molecule has 7 rings (SSSR count). The van der Waals surface area contributed by atoms with E-state index in [1.54, 1.807) is 23.9 Å². The summed E-state index contributed by atoms with van der Waals surface area (Å²) >= 11 is 0. The Labute approximate surface area is 230 Å². The second-order valence-electron chi connectivity index (χ2n) is 9.60. The maximum absolute atomic E-state index is 14.3. The molecule has 0 spiro atoms. The van der Waals surface area contributed by atoms with Crippen LogP contribution < -0.4 is 16.6 Å². The van der Waals surface area contributed by atoms with Gasteiger partial charge in [-0.15, -0.1) is 0 Å². The first-order chi connectivity index (χ1) is 19.9. The second-order valence-corrected chi connectivity index (χ2v) is 9.60. The van der Waals surface area contributed by atoms with Crippen molar-refractivity contribution in [2.45, 2.75) is 19.2 Å². The molecule has 0 radical (unpaired) electrons. The number of nitrogens with zero attached hydrogens (tertiary/aromatic N) is 6. The van der Waals surface area contributed by atoms with Crippen molar-refractivity contribution in [3.63, 3.8) is 0 Å². The molecule has 206 valence electrons. The van der Waals surface area contributed by atoms with E-state index in [9.17, 15) is 13.6 Å². The maximum atomic E-state index is 14.3. The van der Waals surface area contributed by atoms with Gasteiger partial charge in [-0.3, -0.25) is 9.20 Å². The number of hydrogen-bond donors (Lipinski definition) is 2. The van der Waals surface area contributed by atoms with Gasteiger partial charge in [0.2, 0.25) is 0 Å². The fourth-order valence-corrected chi connectivity index (χ4v) is 5.16. The number of dihydropyridines is 1. The average Bonchev–Trinajstić information content (AvgIpc) is 3.38. The predicted octanol–water partition coefficient (Wildman–Crippen LogP) is 3.17. The van der Waals surface area contributed by atoms with E-state index < -0.39 is 29.5 Å². The summed E-state index contributed by atoms with van der Waals surface area (Å²) < 4.78 is 42.6. The Bertz CT molecular complexity index is 1980. The van der Waals surface area contributed by atoms with E-state index in [1.807, 2.05) is 6.08 Å². The summed E-state index contributed by atoms with van der Waals surface area (Å²) in [5.41, 5.74) is 8.19. The number of rotatable bonds is 4. The zero-order valence-corrected chi connectivity index (χ0v) is 21.6. The SMILES string of the molecule is C[C@@H](c1nc2ccc(F)cn2c(=O)c1-c1cccc(F)c1)n1nc(C2=CNC3OCCOC3=C2)c2c(N)ncnc21. The number of halogens is 2. The molecule has 11 nitrogen and oxygen atoms in total. The largest absolute Gasteiger partial charge is 0.491 e. The van der Waals surface area contributed by atoms with Crippen molar-refractivity contribution < 1.29 is 18.3 Å². The van der Waals surface area contributed by atoms with Crippen LogP contribution >= 0.6 is 0 Å². The first-order valence-corrected chi connectivity index (χ1v) is 12.8. The fourth-order valence-electron chi connectivity index (χ4n) is 5.16. The summed E-state index contributed by atoms with van der Waals surface area (Å²) in [4.78, 5) is 27.1. The Morgan fingerprint density at radius 2 is 2.02 bits per heavy atom. The van der Waals surface area contributed by atoms with Gasteiger partial charge in [0.15, 0.2) is 11.9 Å². The minimum absolute atomic E-state index is 0.101. The minimum Gasteiger partial charge on any atom is -0.491 e. The zero-order chi connectivity index (χ0) is 28.2. The molecule has 5 aromatic rings. The Hall–Kier alpha value is -5.17. The molecule has 1 fully saturated rings. The average molecular weight is 557 g/mol. The fraction of sp³-hybridized carbons (Fsp3) is 0.179. The van der Waals surface area contributed by atoms with Crippen molar-refractivity contribution >= 4 is 28.1 Å². The van der Waals surface area contributed by atoms with E-state index in [4.69, 9.17) is 25.3 Å². The first kappa shape index (κ1) is 24.8. The van der Waals surface area contributed by atoms with Crippen LogP contribution in [0.15, 0.2) is 71.8 Å². The minimum atomic E-state index is -0.701. The van der Waals surface area contributed by atoms with Crippen LogP contribution in [0.1, 0.15) is 24.4 Å². The lowest BCUT2D eigenvalue weighted by Crippen LogP contribution is -2.38. The molecule has 1 unspecified atom stereocenters. The molecule has 0 aliphatic carbocycles. The third-order valence-electron chi connectivity index (χ3n) is 7.07. The van der Waals surface area contributed by atoms with E-state index in [0.29, 0.717) is 52.5 Å². The summed E-state index contributed by atoms with van der Waals surface area (Å²) in [7, 11) is 0. The van der Waals surface area contributed by atoms with E-state index in [-0.39, 0.29) is 17.0 Å². The van der Waals surface area contributed by atoms with E-state index in [2.05, 4.69) is 15.3 Å². The van der Waals surface area contributed by atoms with Crippen molar-refractivity contribution in [2.75, 3.05) is 18.9 Å². The lowest BCUT2D eigenvalue weighted by atomic mass is 10.0. The van der Waals surface area contributed by atoms with E-state index in [1.165, 1.54) is 36.7 Å². The first-order valence-electron chi connectivity index (χ1n) is 12.8. The van der Waals surface area contributed by atoms with Crippen LogP contribution in [-0.4, -0.2) is 48.6 Å². The number of allylic oxidation sites excluding steroid dienone is 2. The maximum Gasteiger partial charge on any atom is 0.266 e. The molecule has 0 saturated carbocycles. The van der Waals surface area contributed by atoms with Gasteiger partial charge in [-0.05, 0) is 42.8 Å². The lowest BCUT2D eigenvalue weighted by Gasteiger charge is -2.29. The van der Waals surface area contributed by atoms with Gasteiger partial charge in [0, 0.05) is 18.0 Å². The number of nitrogen functional groups attached to an aromatic ring is 1. The van der Waals surface area contributed by atoms with Crippen LogP contribution in [0.4, 0.5) is 14.6 Å². The van der Waals surface area contributed by atoms with Gasteiger partial charge >= 0.3 is 0 Å². The predicted molar refractivity (Wildman–Crippen MR) is 145 cm³/mol. The summed E-state index contributed by atoms with van der Waals surface area (Å²) in [6.45, 7) is 2.68. The molecule has 13 heteroatoms. The van der Waals surface area contributed by atoms with Crippen molar-refractivity contribution in [3.8, 4) is 11.1 Å². The zero-order valence-electron chi connectivity index (χ0n) is 21.6. The van der Waals surface area contributed by atoms with E-state index >= 15 is 0 Å². The van der Waals surface area contributed by atoms with Crippen molar-refractivity contribution in [1.82, 2.24) is 34.4 Å². The summed E-state index contributed by atoms with van der Waals surface area (Å²) in [5, 5.41) is 8.52. The number of anilines is 1. The van der Waals surface area contributed by atoms with Gasteiger partial charge in [0.05, 0.1) is 29.3 Å². The van der Waals surface area contributed by atoms with Crippen LogP contribution in [0.3, 0.4) is 0 Å². The molecular formula is C28H22F2N8O3. The van der Waals surface area contributed by atoms with Gasteiger partial charge in [-0.2, -0.15) is 5.10 Å². The lowest BCUT2D eigenvalue weighted by molar-refractivity contribution is -0.0517. The highest BCUT2D eigenvalue weighted by atomic mass is 19.1. The molecule has 1 saturated heterocycles. The number of nitrogens with two attached hydrogens (primary N) is 1. The topological polar surface area (TPSA) is 134 Å². The Balaban J connectivity index is 1.45. The number of pyridine rings is 1. The van der Waals surface area contributed by atoms with Crippen LogP contribution in [0.2, 0.25) is 0 Å². The highest BCUT2D eigenvalue weighted by Crippen LogP contribution is 2.35. The van der Waals surface area contributed by atoms with Crippen molar-refractivity contribution in [3.05, 3.63) is 100 Å². The molecular weight excluding hydrogens is 534 g/mol. The molecule has 2 aliphatic heterocycles. The van der Waals surface area contributed by atoms with Crippen LogP contribution in [0.25, 0.3) is 33.4 Å². The summed E-state index contributed by atoms with van der Waals surface area (Å²) in [6, 6.07) is 7.53. The molecule has 41 heavy (non-hydrogen) atoms. The standard InChI is InChI=1S/C28H22F2N8O3/c1-14(23-21(15-3-2-4-17(29)9-15)28(39)37-12-18(30)5-6-20(37)35-23)38-26-22(25(31)33-13-34-26)24(36-38)16-10-19-27(32-11-16)41-8-7-40-19/h2-6,9-14,27,32H,7-8H2,1H3,(H2,31,33,34)/t14-,27?/m0/s1. The highest BCUT2D eigenvalue weighted by Gasteiger charge is 2.29. The Morgan fingerprint density at radius 1 is 1.15 bits per heavy atom. The molecule has 0 amide bonds. The quantitative estimate of drug-likeness (QED) is 0.342. The number of nitrogens with one attached hydrogen (secondary N) is 1. The molecule has 2 atom stereocenters. The molecule has 2 aliphatic rings. The van der Waals surface area contributed by atoms with Gasteiger partial charge in [0.25, 0.3) is 5.56 Å². The van der Waals surface area contributed by atoms with Crippen molar-refractivity contribution in [2.24, 2.45) is 0 Å². The Morgan fingerprint density at radius 3 is 2.88 bits per heavy atom. The molecule has 3 N–H and O–H groups in total. The number of aromatic nitrogens is 6. The normalized spacial score (nSPS) is 17.4. The number of fused-ring (bicyclic) bond motifs is 3. The molecule has 0 bridgehead atoms. The Kier molecular flexibility index (Phi) is 5.75. The number of benzene rings is 1. The molecule has 4 aromatic heterocycles. The monoisotopic (exact) mass is 556 g/mol. The van der Waals surface area contributed by atoms with Gasteiger partial charge in [-0.25, -0.2) is 28.4 Å². The number of hydrogen-bond acceptors (Lipinski definition) is 9. The van der Waals surface area contributed by atoms with Gasteiger partial charge in [0.1, 0.15) is 47.5 Å². The van der Waals surface area contributed by atoms with E-state index in [0.717, 1.165) is 10.6 Å². The van der Waals surface area contributed by atoms with Crippen LogP contribution in [-0.2, 0) is 9.47 Å². The van der Waals surface area contributed by atoms with Crippen molar-refractivity contribution in [1.29, 1.82) is 0 Å². The smallest absolute Gasteiger partial charge is 0.266 e.